The fourth-order valence-corrected chi connectivity index (χ4v) is 4.73. The van der Waals surface area contributed by atoms with Gasteiger partial charge in [0.1, 0.15) is 12.0 Å². The Bertz CT molecular complexity index is 1030. The van der Waals surface area contributed by atoms with Crippen LogP contribution in [0.4, 0.5) is 4.79 Å². The van der Waals surface area contributed by atoms with Gasteiger partial charge in [0.25, 0.3) is 0 Å². The molecule has 0 heterocycles. The van der Waals surface area contributed by atoms with E-state index in [-0.39, 0.29) is 12.5 Å². The van der Waals surface area contributed by atoms with Crippen molar-refractivity contribution in [3.63, 3.8) is 0 Å². The molecule has 32 heavy (non-hydrogen) atoms. The number of nitrogens with zero attached hydrogens (tertiary/aromatic N) is 1. The summed E-state index contributed by atoms with van der Waals surface area (Å²) in [5, 5.41) is 12.4. The maximum atomic E-state index is 12.7. The lowest BCUT2D eigenvalue weighted by atomic mass is 9.81. The molecule has 3 rings (SSSR count). The number of carboxylic acid groups (broad SMARTS) is 1. The molecular weight excluding hydrogens is 404 g/mol. The van der Waals surface area contributed by atoms with Crippen LogP contribution in [0.1, 0.15) is 30.9 Å². The molecule has 2 aromatic carbocycles. The lowest BCUT2D eigenvalue weighted by Crippen LogP contribution is -2.57. The molecular formula is C26H31N2O4+. The van der Waals surface area contributed by atoms with Gasteiger partial charge in [-0.15, -0.1) is 5.92 Å². The third-order valence-corrected chi connectivity index (χ3v) is 5.70. The first-order chi connectivity index (χ1) is 15.1. The Labute approximate surface area is 189 Å². The highest BCUT2D eigenvalue weighted by Crippen LogP contribution is 2.44. The highest BCUT2D eigenvalue weighted by molar-refractivity contribution is 5.82. The molecule has 0 radical (unpaired) electrons. The Balaban J connectivity index is 1.77. The van der Waals surface area contributed by atoms with Crippen molar-refractivity contribution in [2.45, 2.75) is 25.8 Å². The van der Waals surface area contributed by atoms with E-state index >= 15 is 0 Å². The number of quaternary nitrogens is 1. The Morgan fingerprint density at radius 3 is 2.09 bits per heavy atom. The number of amides is 1. The first-order valence-corrected chi connectivity index (χ1v) is 10.6. The Kier molecular flexibility index (Phi) is 6.61. The predicted octanol–water partition coefficient (Wildman–Crippen LogP) is 3.71. The van der Waals surface area contributed by atoms with Crippen LogP contribution in [0.5, 0.6) is 0 Å². The zero-order valence-corrected chi connectivity index (χ0v) is 19.3. The monoisotopic (exact) mass is 435 g/mol. The summed E-state index contributed by atoms with van der Waals surface area (Å²) in [5.41, 5.74) is 3.50. The topological polar surface area (TPSA) is 75.6 Å². The highest BCUT2D eigenvalue weighted by Gasteiger charge is 2.44. The van der Waals surface area contributed by atoms with Gasteiger partial charge in [-0.25, -0.2) is 9.59 Å². The summed E-state index contributed by atoms with van der Waals surface area (Å²) in [6.45, 7) is 3.99. The van der Waals surface area contributed by atoms with Gasteiger partial charge in [0.15, 0.2) is 6.04 Å². The molecule has 0 saturated carbocycles. The second-order valence-electron chi connectivity index (χ2n) is 9.48. The second-order valence-corrected chi connectivity index (χ2v) is 9.48. The normalized spacial score (nSPS) is 15.4. The lowest BCUT2D eigenvalue weighted by molar-refractivity contribution is -0.876. The molecule has 0 bridgehead atoms. The second kappa shape index (κ2) is 9.05. The van der Waals surface area contributed by atoms with Crippen molar-refractivity contribution >= 4 is 12.1 Å². The van der Waals surface area contributed by atoms with Gasteiger partial charge < -0.3 is 19.6 Å². The predicted molar refractivity (Wildman–Crippen MR) is 124 cm³/mol. The summed E-state index contributed by atoms with van der Waals surface area (Å²) in [7, 11) is 5.88. The minimum atomic E-state index is -1.21. The Morgan fingerprint density at radius 1 is 1.09 bits per heavy atom. The van der Waals surface area contributed by atoms with E-state index < -0.39 is 23.5 Å². The van der Waals surface area contributed by atoms with Crippen LogP contribution in [-0.4, -0.2) is 62.0 Å². The van der Waals surface area contributed by atoms with Gasteiger partial charge >= 0.3 is 12.1 Å². The average Bonchev–Trinajstić information content (AvgIpc) is 3.03. The fraction of sp³-hybridized carbons (Fsp3) is 0.385. The van der Waals surface area contributed by atoms with Crippen LogP contribution in [-0.2, 0) is 9.53 Å². The van der Waals surface area contributed by atoms with Crippen LogP contribution in [0.3, 0.4) is 0 Å². The van der Waals surface area contributed by atoms with Gasteiger partial charge in [-0.1, -0.05) is 54.5 Å². The van der Waals surface area contributed by atoms with E-state index in [1.807, 2.05) is 57.5 Å². The molecule has 6 nitrogen and oxygen atoms in total. The van der Waals surface area contributed by atoms with Crippen molar-refractivity contribution in [2.75, 3.05) is 34.3 Å². The summed E-state index contributed by atoms with van der Waals surface area (Å²) >= 11 is 0. The van der Waals surface area contributed by atoms with Crippen LogP contribution in [0, 0.1) is 17.3 Å². The molecule has 0 unspecified atom stereocenters. The number of rotatable bonds is 7. The number of ether oxygens (including phenoxy) is 1. The summed E-state index contributed by atoms with van der Waals surface area (Å²) in [5.74, 6) is 4.60. The summed E-state index contributed by atoms with van der Waals surface area (Å²) in [6, 6.07) is 14.9. The van der Waals surface area contributed by atoms with Gasteiger partial charge in [0, 0.05) is 5.92 Å². The molecule has 6 heteroatoms. The number of carbonyl (C=O) groups is 2. The molecule has 168 valence electrons. The van der Waals surface area contributed by atoms with Crippen molar-refractivity contribution in [3.05, 3.63) is 59.7 Å². The number of hydrogen-bond donors (Lipinski definition) is 2. The molecule has 2 atom stereocenters. The van der Waals surface area contributed by atoms with Crippen LogP contribution in [0.15, 0.2) is 48.5 Å². The zero-order chi connectivity index (χ0) is 23.5. The van der Waals surface area contributed by atoms with E-state index in [1.165, 1.54) is 0 Å². The quantitative estimate of drug-likeness (QED) is 0.514. The number of nitrogens with one attached hydrogen (secondary N) is 1. The third-order valence-electron chi connectivity index (χ3n) is 5.70. The smallest absolute Gasteiger partial charge is 0.407 e. The van der Waals surface area contributed by atoms with Gasteiger partial charge in [0.2, 0.25) is 0 Å². The molecule has 0 spiro atoms. The fourth-order valence-electron chi connectivity index (χ4n) is 4.73. The third kappa shape index (κ3) is 4.95. The van der Waals surface area contributed by atoms with Gasteiger partial charge in [-0.2, -0.15) is 0 Å². The van der Waals surface area contributed by atoms with Crippen molar-refractivity contribution < 1.29 is 23.9 Å². The van der Waals surface area contributed by atoms with Crippen LogP contribution < -0.4 is 5.32 Å². The largest absolute Gasteiger partial charge is 0.480 e. The van der Waals surface area contributed by atoms with Crippen LogP contribution in [0.2, 0.25) is 0 Å². The van der Waals surface area contributed by atoms with E-state index in [1.54, 1.807) is 13.8 Å². The number of carboxylic acids is 1. The minimum absolute atomic E-state index is 0.0931. The maximum Gasteiger partial charge on any atom is 0.407 e. The maximum absolute atomic E-state index is 12.7. The average molecular weight is 436 g/mol. The summed E-state index contributed by atoms with van der Waals surface area (Å²) < 4.78 is 6.06. The lowest BCUT2D eigenvalue weighted by Gasteiger charge is -2.37. The van der Waals surface area contributed by atoms with Crippen LogP contribution >= 0.6 is 0 Å². The number of benzene rings is 2. The van der Waals surface area contributed by atoms with E-state index in [0.29, 0.717) is 11.0 Å². The summed E-state index contributed by atoms with van der Waals surface area (Å²) in [4.78, 5) is 24.8. The molecule has 2 aromatic rings. The highest BCUT2D eigenvalue weighted by atomic mass is 16.5. The molecule has 0 fully saturated rings. The SMILES string of the molecule is CC#C[C@](C)(C[N+](C)(C)C)[C@@H](NC(=O)OCC1c2ccccc2-c2ccccc21)C(=O)O. The first kappa shape index (κ1) is 23.4. The van der Waals surface area contributed by atoms with E-state index in [9.17, 15) is 14.7 Å². The van der Waals surface area contributed by atoms with E-state index in [4.69, 9.17) is 4.74 Å². The van der Waals surface area contributed by atoms with Crippen molar-refractivity contribution in [3.8, 4) is 23.0 Å². The summed E-state index contributed by atoms with van der Waals surface area (Å²) in [6.07, 6.45) is -0.759. The number of hydrogen-bond acceptors (Lipinski definition) is 3. The number of carbonyl (C=O) groups excluding carboxylic acids is 1. The van der Waals surface area contributed by atoms with Gasteiger partial charge in [-0.3, -0.25) is 0 Å². The molecule has 2 N–H and O–H groups in total. The van der Waals surface area contributed by atoms with Crippen molar-refractivity contribution in [1.29, 1.82) is 0 Å². The van der Waals surface area contributed by atoms with E-state index in [0.717, 1.165) is 22.3 Å². The van der Waals surface area contributed by atoms with Gasteiger partial charge in [-0.05, 0) is 36.1 Å². The van der Waals surface area contributed by atoms with E-state index in [2.05, 4.69) is 29.3 Å². The van der Waals surface area contributed by atoms with Crippen molar-refractivity contribution in [2.24, 2.45) is 5.41 Å². The molecule has 0 saturated heterocycles. The van der Waals surface area contributed by atoms with Crippen molar-refractivity contribution in [1.82, 2.24) is 5.32 Å². The number of aliphatic carboxylic acids is 1. The molecule has 0 aromatic heterocycles. The molecule has 1 aliphatic rings. The zero-order valence-electron chi connectivity index (χ0n) is 19.3. The standard InChI is InChI=1S/C26H30N2O4/c1-6-15-26(2,17-28(3,4)5)23(24(29)30)27-25(31)32-16-22-20-13-9-7-11-18(20)19-12-8-10-14-21(19)22/h7-14,22-23H,16-17H2,1-5H3,(H-,27,29,30,31)/p+1/t23-,26+/m0/s1. The first-order valence-electron chi connectivity index (χ1n) is 10.6. The minimum Gasteiger partial charge on any atom is -0.480 e. The number of fused-ring (bicyclic) bond motifs is 3. The van der Waals surface area contributed by atoms with Gasteiger partial charge in [0.05, 0.1) is 27.7 Å². The number of alkyl carbamates (subject to hydrolysis) is 1. The molecule has 0 aliphatic heterocycles. The van der Waals surface area contributed by atoms with Crippen LogP contribution in [0.25, 0.3) is 11.1 Å². The molecule has 1 amide bonds. The Morgan fingerprint density at radius 2 is 1.62 bits per heavy atom. The molecule has 1 aliphatic carbocycles. The Hall–Kier alpha value is -3.30.